The lowest BCUT2D eigenvalue weighted by atomic mass is 10.4. The molecule has 0 spiro atoms. The van der Waals surface area contributed by atoms with Crippen molar-refractivity contribution in [2.24, 2.45) is 0 Å². The molecule has 8 heavy (non-hydrogen) atoms. The van der Waals surface area contributed by atoms with Crippen LogP contribution < -0.4 is 4.74 Å². The highest BCUT2D eigenvalue weighted by atomic mass is 16.5. The summed E-state index contributed by atoms with van der Waals surface area (Å²) >= 11 is 0. The van der Waals surface area contributed by atoms with Crippen LogP contribution in [-0.2, 0) is 0 Å². The van der Waals surface area contributed by atoms with Crippen molar-refractivity contribution in [3.8, 4) is 5.75 Å². The van der Waals surface area contributed by atoms with Crippen molar-refractivity contribution >= 4 is 0 Å². The van der Waals surface area contributed by atoms with Crippen molar-refractivity contribution in [3.63, 3.8) is 0 Å². The van der Waals surface area contributed by atoms with Crippen molar-refractivity contribution in [2.75, 3.05) is 7.11 Å². The molecule has 1 rings (SSSR count). The van der Waals surface area contributed by atoms with Gasteiger partial charge in [-0.05, 0) is 6.92 Å². The summed E-state index contributed by atoms with van der Waals surface area (Å²) in [6.07, 6.45) is 3.73. The molecular weight excluding hydrogens is 102 g/mol. The molecule has 0 aliphatic heterocycles. The van der Waals surface area contributed by atoms with Gasteiger partial charge in [0.05, 0.1) is 7.11 Å². The average molecular weight is 111 g/mol. The summed E-state index contributed by atoms with van der Waals surface area (Å²) in [6, 6.07) is 0. The summed E-state index contributed by atoms with van der Waals surface area (Å²) < 4.78 is 4.95. The molecule has 0 saturated carbocycles. The third kappa shape index (κ3) is 0.689. The normalized spacial score (nSPS) is 9.25. The molecule has 2 nitrogen and oxygen atoms in total. The smallest absolute Gasteiger partial charge is 0.139 e. The third-order valence-electron chi connectivity index (χ3n) is 1.12. The van der Waals surface area contributed by atoms with Crippen molar-refractivity contribution in [1.29, 1.82) is 0 Å². The zero-order chi connectivity index (χ0) is 5.98. The lowest BCUT2D eigenvalue weighted by molar-refractivity contribution is 0.412. The minimum Gasteiger partial charge on any atom is -0.495 e. The van der Waals surface area contributed by atoms with E-state index in [1.54, 1.807) is 7.11 Å². The lowest BCUT2D eigenvalue weighted by Crippen LogP contribution is -1.79. The Hall–Kier alpha value is -0.920. The quantitative estimate of drug-likeness (QED) is 0.581. The zero-order valence-corrected chi connectivity index (χ0v) is 5.06. The van der Waals surface area contributed by atoms with Crippen LogP contribution in [0.15, 0.2) is 12.4 Å². The van der Waals surface area contributed by atoms with Gasteiger partial charge < -0.3 is 9.72 Å². The van der Waals surface area contributed by atoms with Crippen LogP contribution in [-0.4, -0.2) is 12.1 Å². The summed E-state index contributed by atoms with van der Waals surface area (Å²) in [5.41, 5.74) is 1.15. The van der Waals surface area contributed by atoms with Gasteiger partial charge in [0.1, 0.15) is 5.75 Å². The van der Waals surface area contributed by atoms with Gasteiger partial charge in [0.25, 0.3) is 0 Å². The molecule has 0 unspecified atom stereocenters. The maximum absolute atomic E-state index is 4.95. The molecule has 0 aliphatic carbocycles. The third-order valence-corrected chi connectivity index (χ3v) is 1.12. The molecule has 44 valence electrons. The van der Waals surface area contributed by atoms with E-state index in [9.17, 15) is 0 Å². The van der Waals surface area contributed by atoms with Gasteiger partial charge in [0.15, 0.2) is 0 Å². The zero-order valence-electron chi connectivity index (χ0n) is 5.06. The number of rotatable bonds is 1. The molecule has 0 amide bonds. The monoisotopic (exact) mass is 111 g/mol. The molecule has 0 saturated heterocycles. The van der Waals surface area contributed by atoms with Gasteiger partial charge in [0.2, 0.25) is 0 Å². The first-order chi connectivity index (χ1) is 3.84. The molecule has 1 aromatic heterocycles. The summed E-state index contributed by atoms with van der Waals surface area (Å²) in [6.45, 7) is 2.00. The maximum Gasteiger partial charge on any atom is 0.139 e. The van der Waals surface area contributed by atoms with E-state index >= 15 is 0 Å². The number of aromatic amines is 1. The summed E-state index contributed by atoms with van der Waals surface area (Å²) in [4.78, 5) is 2.92. The molecule has 0 aromatic carbocycles. The number of aryl methyl sites for hydroxylation is 1. The van der Waals surface area contributed by atoms with Gasteiger partial charge in [-0.1, -0.05) is 0 Å². The van der Waals surface area contributed by atoms with Crippen LogP contribution in [0.5, 0.6) is 5.75 Å². The van der Waals surface area contributed by atoms with Crippen LogP contribution in [0.2, 0.25) is 0 Å². The van der Waals surface area contributed by atoms with E-state index in [0.717, 1.165) is 11.3 Å². The van der Waals surface area contributed by atoms with Crippen molar-refractivity contribution < 1.29 is 4.74 Å². The Morgan fingerprint density at radius 2 is 2.25 bits per heavy atom. The van der Waals surface area contributed by atoms with Gasteiger partial charge in [-0.3, -0.25) is 0 Å². The molecule has 0 fully saturated rings. The van der Waals surface area contributed by atoms with E-state index < -0.39 is 0 Å². The van der Waals surface area contributed by atoms with Crippen molar-refractivity contribution in [2.45, 2.75) is 6.92 Å². The van der Waals surface area contributed by atoms with Crippen LogP contribution in [0.3, 0.4) is 0 Å². The fraction of sp³-hybridized carbons (Fsp3) is 0.333. The molecule has 2 heteroatoms. The van der Waals surface area contributed by atoms with Crippen LogP contribution in [0.25, 0.3) is 0 Å². The van der Waals surface area contributed by atoms with Crippen LogP contribution in [0.1, 0.15) is 5.56 Å². The van der Waals surface area contributed by atoms with E-state index in [2.05, 4.69) is 4.98 Å². The fourth-order valence-electron chi connectivity index (χ4n) is 0.647. The maximum atomic E-state index is 4.95. The Kier molecular flexibility index (Phi) is 1.24. The Morgan fingerprint density at radius 3 is 2.50 bits per heavy atom. The summed E-state index contributed by atoms with van der Waals surface area (Å²) in [5, 5.41) is 0. The van der Waals surface area contributed by atoms with E-state index in [1.807, 2.05) is 19.3 Å². The number of hydrogen-bond donors (Lipinski definition) is 1. The van der Waals surface area contributed by atoms with Crippen molar-refractivity contribution in [3.05, 3.63) is 18.0 Å². The number of aromatic nitrogens is 1. The first-order valence-electron chi connectivity index (χ1n) is 2.52. The number of H-pyrrole nitrogens is 1. The number of nitrogens with one attached hydrogen (secondary N) is 1. The summed E-state index contributed by atoms with van der Waals surface area (Å²) in [5.74, 6) is 0.921. The van der Waals surface area contributed by atoms with E-state index in [-0.39, 0.29) is 0 Å². The van der Waals surface area contributed by atoms with E-state index in [4.69, 9.17) is 4.74 Å². The topological polar surface area (TPSA) is 25.0 Å². The Labute approximate surface area is 48.5 Å². The van der Waals surface area contributed by atoms with Crippen LogP contribution >= 0.6 is 0 Å². The average Bonchev–Trinajstić information content (AvgIpc) is 2.14. The van der Waals surface area contributed by atoms with Gasteiger partial charge in [-0.25, -0.2) is 0 Å². The molecule has 0 radical (unpaired) electrons. The molecule has 0 bridgehead atoms. The summed E-state index contributed by atoms with van der Waals surface area (Å²) in [7, 11) is 1.66. The predicted molar refractivity (Wildman–Crippen MR) is 32.1 cm³/mol. The second kappa shape index (κ2) is 1.90. The first-order valence-corrected chi connectivity index (χ1v) is 2.52. The fourth-order valence-corrected chi connectivity index (χ4v) is 0.647. The molecule has 0 atom stereocenters. The highest BCUT2D eigenvalue weighted by Gasteiger charge is 1.93. The molecule has 0 aliphatic rings. The Bertz CT molecular complexity index is 169. The molecular formula is C6H9NO. The number of methoxy groups -OCH3 is 1. The number of hydrogen-bond acceptors (Lipinski definition) is 1. The molecule has 1 aromatic rings. The SMILES string of the molecule is COc1c[nH]cc1C. The Morgan fingerprint density at radius 1 is 1.50 bits per heavy atom. The number of ether oxygens (including phenoxy) is 1. The van der Waals surface area contributed by atoms with Crippen LogP contribution in [0.4, 0.5) is 0 Å². The van der Waals surface area contributed by atoms with Gasteiger partial charge in [-0.2, -0.15) is 0 Å². The van der Waals surface area contributed by atoms with Crippen molar-refractivity contribution in [1.82, 2.24) is 4.98 Å². The van der Waals surface area contributed by atoms with Crippen LogP contribution in [0, 0.1) is 6.92 Å². The van der Waals surface area contributed by atoms with Gasteiger partial charge in [-0.15, -0.1) is 0 Å². The van der Waals surface area contributed by atoms with Gasteiger partial charge in [0, 0.05) is 18.0 Å². The first kappa shape index (κ1) is 5.22. The predicted octanol–water partition coefficient (Wildman–Crippen LogP) is 1.33. The molecule has 1 N–H and O–H groups in total. The standard InChI is InChI=1S/C6H9NO/c1-5-3-7-4-6(5)8-2/h3-4,7H,1-2H3. The highest BCUT2D eigenvalue weighted by molar-refractivity contribution is 5.27. The highest BCUT2D eigenvalue weighted by Crippen LogP contribution is 2.13. The van der Waals surface area contributed by atoms with E-state index in [0.29, 0.717) is 0 Å². The molecule has 1 heterocycles. The second-order valence-corrected chi connectivity index (χ2v) is 1.71. The Balaban J connectivity index is 2.92. The minimum atomic E-state index is 0.921. The lowest BCUT2D eigenvalue weighted by Gasteiger charge is -1.92. The largest absolute Gasteiger partial charge is 0.495 e. The minimum absolute atomic E-state index is 0.921. The second-order valence-electron chi connectivity index (χ2n) is 1.71. The van der Waals surface area contributed by atoms with Gasteiger partial charge >= 0.3 is 0 Å². The van der Waals surface area contributed by atoms with E-state index in [1.165, 1.54) is 0 Å².